The number of carbonyl (C=O) groups excluding carboxylic acids is 4. The molecule has 0 aliphatic carbocycles. The molecule has 3 heterocycles. The van der Waals surface area contributed by atoms with Crippen molar-refractivity contribution in [3.63, 3.8) is 0 Å². The molecule has 0 saturated carbocycles. The van der Waals surface area contributed by atoms with Crippen molar-refractivity contribution in [1.82, 2.24) is 15.1 Å². The summed E-state index contributed by atoms with van der Waals surface area (Å²) in [6.07, 6.45) is 3.34. The number of hydrogen-bond donors (Lipinski definition) is 1. The van der Waals surface area contributed by atoms with E-state index in [2.05, 4.69) is 5.32 Å². The van der Waals surface area contributed by atoms with Crippen LogP contribution in [0, 0.1) is 0 Å². The lowest BCUT2D eigenvalue weighted by atomic mass is 10.0. The highest BCUT2D eigenvalue weighted by Crippen LogP contribution is 2.30. The van der Waals surface area contributed by atoms with Crippen LogP contribution < -0.4 is 14.8 Å². The number of fused-ring (bicyclic) bond motifs is 2. The molecule has 9 heteroatoms. The van der Waals surface area contributed by atoms with E-state index in [4.69, 9.17) is 9.47 Å². The first-order valence-electron chi connectivity index (χ1n) is 13.8. The van der Waals surface area contributed by atoms with E-state index in [0.29, 0.717) is 36.6 Å². The summed E-state index contributed by atoms with van der Waals surface area (Å²) in [5.41, 5.74) is 1.32. The normalized spacial score (nSPS) is 20.9. The highest BCUT2D eigenvalue weighted by molar-refractivity contribution is 6.05. The maximum atomic E-state index is 13.1. The molecule has 0 spiro atoms. The molecule has 2 saturated heterocycles. The summed E-state index contributed by atoms with van der Waals surface area (Å²) in [5, 5.41) is 4.50. The molecule has 0 bridgehead atoms. The third-order valence-electron chi connectivity index (χ3n) is 7.97. The van der Waals surface area contributed by atoms with Crippen LogP contribution in [0.15, 0.2) is 60.7 Å². The Hall–Kier alpha value is -4.40. The van der Waals surface area contributed by atoms with Gasteiger partial charge in [0, 0.05) is 25.1 Å². The second-order valence-corrected chi connectivity index (χ2v) is 10.6. The van der Waals surface area contributed by atoms with Gasteiger partial charge in [-0.1, -0.05) is 30.3 Å². The molecule has 9 nitrogen and oxygen atoms in total. The molecule has 0 aromatic heterocycles. The molecule has 0 radical (unpaired) electrons. The monoisotopic (exact) mass is 541 g/mol. The second-order valence-electron chi connectivity index (χ2n) is 10.6. The smallest absolute Gasteiger partial charge is 0.260 e. The molecule has 3 aliphatic heterocycles. The molecular formula is C31H31N3O6. The van der Waals surface area contributed by atoms with E-state index in [9.17, 15) is 19.2 Å². The summed E-state index contributed by atoms with van der Waals surface area (Å²) < 4.78 is 12.0. The van der Waals surface area contributed by atoms with Gasteiger partial charge in [0.15, 0.2) is 6.61 Å². The molecule has 1 unspecified atom stereocenters. The maximum absolute atomic E-state index is 13.1. The van der Waals surface area contributed by atoms with Crippen molar-refractivity contribution in [2.75, 3.05) is 19.8 Å². The number of rotatable bonds is 7. The number of carbonyl (C=O) groups is 4. The molecule has 3 aromatic carbocycles. The van der Waals surface area contributed by atoms with E-state index in [1.165, 1.54) is 4.90 Å². The van der Waals surface area contributed by atoms with Gasteiger partial charge in [-0.05, 0) is 72.4 Å². The lowest BCUT2D eigenvalue weighted by Gasteiger charge is -2.35. The number of imide groups is 1. The van der Waals surface area contributed by atoms with Gasteiger partial charge in [-0.3, -0.25) is 24.5 Å². The molecule has 2 fully saturated rings. The van der Waals surface area contributed by atoms with Crippen LogP contribution in [0.1, 0.15) is 48.0 Å². The van der Waals surface area contributed by atoms with Gasteiger partial charge in [-0.15, -0.1) is 0 Å². The Morgan fingerprint density at radius 2 is 1.70 bits per heavy atom. The van der Waals surface area contributed by atoms with Gasteiger partial charge in [-0.25, -0.2) is 0 Å². The van der Waals surface area contributed by atoms with Crippen LogP contribution >= 0.6 is 0 Å². The Morgan fingerprint density at radius 3 is 2.55 bits per heavy atom. The molecule has 6 rings (SSSR count). The minimum atomic E-state index is -0.652. The van der Waals surface area contributed by atoms with Gasteiger partial charge in [0.1, 0.15) is 24.1 Å². The van der Waals surface area contributed by atoms with E-state index >= 15 is 0 Å². The first-order chi connectivity index (χ1) is 19.5. The number of benzene rings is 3. The number of nitrogens with one attached hydrogen (secondary N) is 1. The summed E-state index contributed by atoms with van der Waals surface area (Å²) in [4.78, 5) is 53.3. The zero-order valence-corrected chi connectivity index (χ0v) is 22.1. The van der Waals surface area contributed by atoms with Crippen molar-refractivity contribution >= 4 is 34.4 Å². The molecule has 1 N–H and O–H groups in total. The minimum Gasteiger partial charge on any atom is -0.491 e. The first-order valence-corrected chi connectivity index (χ1v) is 13.8. The Kier molecular flexibility index (Phi) is 7.11. The number of ether oxygens (including phenoxy) is 2. The van der Waals surface area contributed by atoms with Crippen LogP contribution in [0.5, 0.6) is 11.5 Å². The van der Waals surface area contributed by atoms with Gasteiger partial charge in [0.25, 0.3) is 11.8 Å². The molecule has 4 amide bonds. The Bertz CT molecular complexity index is 1490. The SMILES string of the molecule is O=C1CCC(N2Cc3cc(OC[C@H]4CCCCN4C(=O)COc4ccc5ccccc5c4)ccc3C2=O)C(=O)N1. The average Bonchev–Trinajstić information content (AvgIpc) is 3.30. The summed E-state index contributed by atoms with van der Waals surface area (Å²) >= 11 is 0. The fourth-order valence-corrected chi connectivity index (χ4v) is 5.82. The van der Waals surface area contributed by atoms with Crippen LogP contribution in [0.2, 0.25) is 0 Å². The highest BCUT2D eigenvalue weighted by atomic mass is 16.5. The van der Waals surface area contributed by atoms with Crippen molar-refractivity contribution in [2.24, 2.45) is 0 Å². The summed E-state index contributed by atoms with van der Waals surface area (Å²) in [7, 11) is 0. The van der Waals surface area contributed by atoms with Gasteiger partial charge in [0.05, 0.1) is 6.04 Å². The Morgan fingerprint density at radius 1 is 0.900 bits per heavy atom. The third kappa shape index (κ3) is 5.23. The molecule has 3 aromatic rings. The van der Waals surface area contributed by atoms with Crippen molar-refractivity contribution in [3.05, 3.63) is 71.8 Å². The maximum Gasteiger partial charge on any atom is 0.260 e. The Balaban J connectivity index is 1.06. The van der Waals surface area contributed by atoms with Crippen LogP contribution in [0.3, 0.4) is 0 Å². The largest absolute Gasteiger partial charge is 0.491 e. The molecular weight excluding hydrogens is 510 g/mol. The number of hydrogen-bond acceptors (Lipinski definition) is 6. The molecule has 2 atom stereocenters. The fourth-order valence-electron chi connectivity index (χ4n) is 5.82. The van der Waals surface area contributed by atoms with Crippen molar-refractivity contribution in [3.8, 4) is 11.5 Å². The van der Waals surface area contributed by atoms with E-state index < -0.39 is 11.9 Å². The third-order valence-corrected chi connectivity index (χ3v) is 7.97. The average molecular weight is 542 g/mol. The Labute approximate surface area is 232 Å². The van der Waals surface area contributed by atoms with Gasteiger partial charge < -0.3 is 19.3 Å². The van der Waals surface area contributed by atoms with Gasteiger partial charge in [-0.2, -0.15) is 0 Å². The first kappa shape index (κ1) is 25.9. The zero-order chi connectivity index (χ0) is 27.6. The fraction of sp³-hybridized carbons (Fsp3) is 0.355. The predicted molar refractivity (Wildman–Crippen MR) is 147 cm³/mol. The van der Waals surface area contributed by atoms with Crippen molar-refractivity contribution in [1.29, 1.82) is 0 Å². The van der Waals surface area contributed by atoms with Crippen molar-refractivity contribution in [2.45, 2.75) is 50.7 Å². The van der Waals surface area contributed by atoms with E-state index in [0.717, 1.165) is 35.6 Å². The van der Waals surface area contributed by atoms with Crippen LogP contribution in [0.25, 0.3) is 10.8 Å². The number of nitrogens with zero attached hydrogens (tertiary/aromatic N) is 2. The summed E-state index contributed by atoms with van der Waals surface area (Å²) in [6, 6.07) is 18.4. The van der Waals surface area contributed by atoms with Crippen LogP contribution in [-0.4, -0.2) is 65.3 Å². The predicted octanol–water partition coefficient (Wildman–Crippen LogP) is 3.44. The van der Waals surface area contributed by atoms with Crippen LogP contribution in [0.4, 0.5) is 0 Å². The summed E-state index contributed by atoms with van der Waals surface area (Å²) in [5.74, 6) is 0.252. The summed E-state index contributed by atoms with van der Waals surface area (Å²) in [6.45, 7) is 1.25. The van der Waals surface area contributed by atoms with E-state index in [1.54, 1.807) is 12.1 Å². The molecule has 3 aliphatic rings. The lowest BCUT2D eigenvalue weighted by Crippen LogP contribution is -2.52. The van der Waals surface area contributed by atoms with E-state index in [1.807, 2.05) is 53.4 Å². The van der Waals surface area contributed by atoms with Gasteiger partial charge >= 0.3 is 0 Å². The van der Waals surface area contributed by atoms with Gasteiger partial charge in [0.2, 0.25) is 11.8 Å². The highest BCUT2D eigenvalue weighted by Gasteiger charge is 2.39. The topological polar surface area (TPSA) is 105 Å². The van der Waals surface area contributed by atoms with E-state index in [-0.39, 0.29) is 43.3 Å². The van der Waals surface area contributed by atoms with Crippen LogP contribution in [-0.2, 0) is 20.9 Å². The minimum absolute atomic E-state index is 0.0357. The van der Waals surface area contributed by atoms with Crippen molar-refractivity contribution < 1.29 is 28.7 Å². The molecule has 206 valence electrons. The zero-order valence-electron chi connectivity index (χ0n) is 22.1. The quantitative estimate of drug-likeness (QED) is 0.460. The number of piperidine rings is 2. The lowest BCUT2D eigenvalue weighted by molar-refractivity contribution is -0.138. The number of likely N-dealkylation sites (tertiary alicyclic amines) is 1. The second kappa shape index (κ2) is 11.0. The number of amides is 4. The standard InChI is InChI=1S/C31H31N3O6/c35-28-13-12-27(30(37)32-28)34-17-22-16-25(10-11-26(22)31(34)38)39-18-23-7-3-4-14-33(23)29(36)19-40-24-9-8-20-5-1-2-6-21(20)15-24/h1-2,5-6,8-11,15-16,23,27H,3-4,7,12-14,17-19H2,(H,32,35,37)/t23-,27?/m1/s1. The molecule has 40 heavy (non-hydrogen) atoms.